The van der Waals surface area contributed by atoms with Gasteiger partial charge in [0.1, 0.15) is 0 Å². The first-order chi connectivity index (χ1) is 4.74. The molecule has 0 aromatic carbocycles. The van der Waals surface area contributed by atoms with Gasteiger partial charge in [0.15, 0.2) is 0 Å². The normalized spacial score (nSPS) is 36.3. The third-order valence-corrected chi connectivity index (χ3v) is 2.39. The van der Waals surface area contributed by atoms with Crippen molar-refractivity contribution in [3.05, 3.63) is 0 Å². The van der Waals surface area contributed by atoms with Gasteiger partial charge in [-0.25, -0.2) is 0 Å². The zero-order valence-corrected chi connectivity index (χ0v) is 6.88. The van der Waals surface area contributed by atoms with E-state index in [0.717, 1.165) is 25.9 Å². The van der Waals surface area contributed by atoms with Crippen molar-refractivity contribution in [3.8, 4) is 0 Å². The van der Waals surface area contributed by atoms with E-state index in [9.17, 15) is 5.11 Å². The molecule has 1 fully saturated rings. The van der Waals surface area contributed by atoms with Gasteiger partial charge in [-0.05, 0) is 26.3 Å². The molecule has 1 aliphatic rings. The van der Waals surface area contributed by atoms with Crippen LogP contribution in [0.5, 0.6) is 0 Å². The fraction of sp³-hybridized carbons (Fsp3) is 1.00. The van der Waals surface area contributed by atoms with Crippen LogP contribution in [0, 0.1) is 0 Å². The molecule has 2 unspecified atom stereocenters. The van der Waals surface area contributed by atoms with E-state index in [4.69, 9.17) is 0 Å². The van der Waals surface area contributed by atoms with Crippen molar-refractivity contribution in [2.24, 2.45) is 0 Å². The average Bonchev–Trinajstić information content (AvgIpc) is 1.88. The number of aliphatic hydroxyl groups is 1. The van der Waals surface area contributed by atoms with Gasteiger partial charge in [0.05, 0.1) is 6.10 Å². The third kappa shape index (κ3) is 1.70. The summed E-state index contributed by atoms with van der Waals surface area (Å²) >= 11 is 0. The monoisotopic (exact) mass is 143 g/mol. The van der Waals surface area contributed by atoms with E-state index in [0.29, 0.717) is 6.04 Å². The lowest BCUT2D eigenvalue weighted by molar-refractivity contribution is 0.0514. The number of nitrogens with zero attached hydrogens (tertiary/aromatic N) is 1. The minimum Gasteiger partial charge on any atom is -0.393 e. The fourth-order valence-corrected chi connectivity index (χ4v) is 1.67. The van der Waals surface area contributed by atoms with Crippen molar-refractivity contribution < 1.29 is 5.11 Å². The van der Waals surface area contributed by atoms with Crippen LogP contribution in [0.3, 0.4) is 0 Å². The number of hydrogen-bond donors (Lipinski definition) is 1. The van der Waals surface area contributed by atoms with Gasteiger partial charge in [0, 0.05) is 12.6 Å². The number of piperidine rings is 1. The maximum Gasteiger partial charge on any atom is 0.0567 e. The maximum atomic E-state index is 9.27. The Morgan fingerprint density at radius 1 is 1.60 bits per heavy atom. The molecule has 1 heterocycles. The van der Waals surface area contributed by atoms with Gasteiger partial charge in [0.25, 0.3) is 0 Å². The van der Waals surface area contributed by atoms with Crippen molar-refractivity contribution in [1.82, 2.24) is 4.90 Å². The minimum absolute atomic E-state index is 0.0437. The Bertz CT molecular complexity index is 105. The first-order valence-electron chi connectivity index (χ1n) is 4.16. The molecule has 0 radical (unpaired) electrons. The summed E-state index contributed by atoms with van der Waals surface area (Å²) in [7, 11) is 0. The van der Waals surface area contributed by atoms with Gasteiger partial charge in [-0.15, -0.1) is 0 Å². The van der Waals surface area contributed by atoms with Crippen LogP contribution in [0.4, 0.5) is 0 Å². The minimum atomic E-state index is -0.0437. The Hall–Kier alpha value is -0.0800. The molecule has 0 aromatic heterocycles. The molecule has 0 saturated carbocycles. The molecule has 1 rings (SSSR count). The van der Waals surface area contributed by atoms with Crippen molar-refractivity contribution >= 4 is 0 Å². The predicted octanol–water partition coefficient (Wildman–Crippen LogP) is 0.851. The Labute approximate surface area is 62.8 Å². The SMILES string of the molecule is CCN1CCC(O)CC1C. The molecule has 0 aromatic rings. The van der Waals surface area contributed by atoms with E-state index in [-0.39, 0.29) is 6.10 Å². The lowest BCUT2D eigenvalue weighted by Crippen LogP contribution is -2.42. The van der Waals surface area contributed by atoms with Gasteiger partial charge in [0.2, 0.25) is 0 Å². The summed E-state index contributed by atoms with van der Waals surface area (Å²) in [5.41, 5.74) is 0. The second-order valence-corrected chi connectivity index (χ2v) is 3.16. The zero-order chi connectivity index (χ0) is 7.56. The molecule has 60 valence electrons. The van der Waals surface area contributed by atoms with Crippen molar-refractivity contribution in [2.45, 2.75) is 38.8 Å². The molecule has 0 bridgehead atoms. The van der Waals surface area contributed by atoms with E-state index < -0.39 is 0 Å². The summed E-state index contributed by atoms with van der Waals surface area (Å²) in [6.07, 6.45) is 1.87. The summed E-state index contributed by atoms with van der Waals surface area (Å²) in [5.74, 6) is 0. The van der Waals surface area contributed by atoms with Gasteiger partial charge < -0.3 is 10.0 Å². The van der Waals surface area contributed by atoms with Crippen LogP contribution in [-0.4, -0.2) is 35.2 Å². The summed E-state index contributed by atoms with van der Waals surface area (Å²) in [6.45, 7) is 6.55. The summed E-state index contributed by atoms with van der Waals surface area (Å²) in [4.78, 5) is 2.41. The molecule has 2 nitrogen and oxygen atoms in total. The highest BCUT2D eigenvalue weighted by Gasteiger charge is 2.21. The van der Waals surface area contributed by atoms with Gasteiger partial charge in [-0.2, -0.15) is 0 Å². The van der Waals surface area contributed by atoms with Gasteiger partial charge in [-0.1, -0.05) is 6.92 Å². The first-order valence-corrected chi connectivity index (χ1v) is 4.16. The van der Waals surface area contributed by atoms with Crippen LogP contribution in [0.25, 0.3) is 0 Å². The Morgan fingerprint density at radius 2 is 2.30 bits per heavy atom. The zero-order valence-electron chi connectivity index (χ0n) is 6.88. The van der Waals surface area contributed by atoms with Crippen molar-refractivity contribution in [1.29, 1.82) is 0 Å². The van der Waals surface area contributed by atoms with Crippen molar-refractivity contribution in [2.75, 3.05) is 13.1 Å². The molecular formula is C8H17NO. The Kier molecular flexibility index (Phi) is 2.69. The summed E-state index contributed by atoms with van der Waals surface area (Å²) in [6, 6.07) is 0.578. The number of likely N-dealkylation sites (tertiary alicyclic amines) is 1. The highest BCUT2D eigenvalue weighted by molar-refractivity contribution is 4.76. The molecular weight excluding hydrogens is 126 g/mol. The number of rotatable bonds is 1. The van der Waals surface area contributed by atoms with Crippen LogP contribution >= 0.6 is 0 Å². The smallest absolute Gasteiger partial charge is 0.0567 e. The van der Waals surface area contributed by atoms with E-state index in [1.807, 2.05) is 0 Å². The number of aliphatic hydroxyl groups excluding tert-OH is 1. The van der Waals surface area contributed by atoms with Gasteiger partial charge in [-0.3, -0.25) is 0 Å². The lowest BCUT2D eigenvalue weighted by atomic mass is 10.0. The third-order valence-electron chi connectivity index (χ3n) is 2.39. The van der Waals surface area contributed by atoms with Crippen LogP contribution in [-0.2, 0) is 0 Å². The van der Waals surface area contributed by atoms with E-state index in [1.165, 1.54) is 0 Å². The second kappa shape index (κ2) is 3.35. The molecule has 10 heavy (non-hydrogen) atoms. The van der Waals surface area contributed by atoms with Crippen LogP contribution < -0.4 is 0 Å². The quantitative estimate of drug-likeness (QED) is 0.588. The predicted molar refractivity (Wildman–Crippen MR) is 41.9 cm³/mol. The molecule has 2 atom stereocenters. The van der Waals surface area contributed by atoms with E-state index in [2.05, 4.69) is 18.7 Å². The molecule has 1 saturated heterocycles. The van der Waals surface area contributed by atoms with Crippen LogP contribution in [0.1, 0.15) is 26.7 Å². The topological polar surface area (TPSA) is 23.5 Å². The number of hydrogen-bond acceptors (Lipinski definition) is 2. The highest BCUT2D eigenvalue weighted by atomic mass is 16.3. The van der Waals surface area contributed by atoms with E-state index >= 15 is 0 Å². The Balaban J connectivity index is 2.36. The highest BCUT2D eigenvalue weighted by Crippen LogP contribution is 2.15. The molecule has 0 aliphatic carbocycles. The molecule has 1 aliphatic heterocycles. The average molecular weight is 143 g/mol. The molecule has 0 spiro atoms. The largest absolute Gasteiger partial charge is 0.393 e. The van der Waals surface area contributed by atoms with Gasteiger partial charge >= 0.3 is 0 Å². The van der Waals surface area contributed by atoms with Crippen LogP contribution in [0.2, 0.25) is 0 Å². The lowest BCUT2D eigenvalue weighted by Gasteiger charge is -2.34. The first kappa shape index (κ1) is 8.02. The molecule has 2 heteroatoms. The fourth-order valence-electron chi connectivity index (χ4n) is 1.67. The van der Waals surface area contributed by atoms with Crippen molar-refractivity contribution in [3.63, 3.8) is 0 Å². The standard InChI is InChI=1S/C8H17NO/c1-3-9-5-4-8(10)6-7(9)2/h7-8,10H,3-6H2,1-2H3. The second-order valence-electron chi connectivity index (χ2n) is 3.16. The molecule has 0 amide bonds. The summed E-state index contributed by atoms with van der Waals surface area (Å²) < 4.78 is 0. The van der Waals surface area contributed by atoms with Crippen LogP contribution in [0.15, 0.2) is 0 Å². The molecule has 1 N–H and O–H groups in total. The maximum absolute atomic E-state index is 9.27. The summed E-state index contributed by atoms with van der Waals surface area (Å²) in [5, 5.41) is 9.27. The Morgan fingerprint density at radius 3 is 2.80 bits per heavy atom. The van der Waals surface area contributed by atoms with E-state index in [1.54, 1.807) is 0 Å².